The van der Waals surface area contributed by atoms with Crippen molar-refractivity contribution in [3.05, 3.63) is 28.8 Å². The summed E-state index contributed by atoms with van der Waals surface area (Å²) in [7, 11) is 2.10. The largest absolute Gasteiger partial charge is 0.367 e. The molecule has 0 aliphatic carbocycles. The van der Waals surface area contributed by atoms with Gasteiger partial charge in [-0.2, -0.15) is 0 Å². The summed E-state index contributed by atoms with van der Waals surface area (Å²) < 4.78 is 0. The molecule has 0 aliphatic heterocycles. The minimum Gasteiger partial charge on any atom is -0.367 e. The highest BCUT2D eigenvalue weighted by molar-refractivity contribution is 7.80. The molecule has 0 aliphatic rings. The SMILES string of the molecule is CC(=S)c1ccc(C)c(N(C)C(C)C(C)=S)c1C. The molecule has 98 valence electrons. The summed E-state index contributed by atoms with van der Waals surface area (Å²) in [6.07, 6.45) is 0. The molecule has 0 amide bonds. The van der Waals surface area contributed by atoms with Gasteiger partial charge < -0.3 is 4.90 Å². The maximum atomic E-state index is 5.31. The lowest BCUT2D eigenvalue weighted by Crippen LogP contribution is -2.34. The first-order valence-corrected chi connectivity index (χ1v) is 6.93. The summed E-state index contributed by atoms with van der Waals surface area (Å²) in [4.78, 5) is 4.18. The average Bonchev–Trinajstić information content (AvgIpc) is 2.27. The Kier molecular flexibility index (Phi) is 5.00. The minimum atomic E-state index is 0.248. The Hall–Kier alpha value is -0.800. The second kappa shape index (κ2) is 5.89. The molecule has 0 saturated carbocycles. The van der Waals surface area contributed by atoms with Gasteiger partial charge in [-0.1, -0.05) is 36.6 Å². The van der Waals surface area contributed by atoms with Crippen molar-refractivity contribution in [2.24, 2.45) is 0 Å². The van der Waals surface area contributed by atoms with Gasteiger partial charge in [-0.25, -0.2) is 0 Å². The van der Waals surface area contributed by atoms with Gasteiger partial charge in [0.15, 0.2) is 0 Å². The monoisotopic (exact) mass is 279 g/mol. The molecule has 0 bridgehead atoms. The van der Waals surface area contributed by atoms with E-state index in [1.54, 1.807) is 0 Å². The van der Waals surface area contributed by atoms with E-state index in [2.05, 4.69) is 44.9 Å². The Balaban J connectivity index is 3.35. The average molecular weight is 279 g/mol. The lowest BCUT2D eigenvalue weighted by Gasteiger charge is -2.30. The molecule has 1 aromatic carbocycles. The fourth-order valence-electron chi connectivity index (χ4n) is 2.23. The predicted molar refractivity (Wildman–Crippen MR) is 89.4 cm³/mol. The summed E-state index contributed by atoms with van der Waals surface area (Å²) in [5.74, 6) is 0. The topological polar surface area (TPSA) is 3.24 Å². The van der Waals surface area contributed by atoms with Gasteiger partial charge in [0.25, 0.3) is 0 Å². The third-order valence-electron chi connectivity index (χ3n) is 3.53. The Morgan fingerprint density at radius 2 is 1.72 bits per heavy atom. The molecule has 1 aromatic rings. The van der Waals surface area contributed by atoms with Crippen LogP contribution in [0.5, 0.6) is 0 Å². The first kappa shape index (κ1) is 15.3. The molecule has 0 saturated heterocycles. The van der Waals surface area contributed by atoms with Gasteiger partial charge in [0.1, 0.15) is 0 Å². The lowest BCUT2D eigenvalue weighted by atomic mass is 9.99. The maximum Gasteiger partial charge on any atom is 0.0571 e. The standard InChI is InChI=1S/C15H21NS2/c1-9-7-8-14(13(5)18)10(2)15(9)16(6)11(3)12(4)17/h7-8,11H,1-6H3. The van der Waals surface area contributed by atoms with E-state index < -0.39 is 0 Å². The van der Waals surface area contributed by atoms with Crippen molar-refractivity contribution in [1.29, 1.82) is 0 Å². The van der Waals surface area contributed by atoms with Crippen molar-refractivity contribution in [1.82, 2.24) is 0 Å². The Morgan fingerprint density at radius 3 is 2.17 bits per heavy atom. The molecule has 0 aromatic heterocycles. The van der Waals surface area contributed by atoms with Gasteiger partial charge in [0.05, 0.1) is 6.04 Å². The van der Waals surface area contributed by atoms with Crippen LogP contribution in [0, 0.1) is 13.8 Å². The van der Waals surface area contributed by atoms with E-state index in [9.17, 15) is 0 Å². The van der Waals surface area contributed by atoms with Crippen molar-refractivity contribution in [3.8, 4) is 0 Å². The molecule has 18 heavy (non-hydrogen) atoms. The van der Waals surface area contributed by atoms with E-state index in [1.165, 1.54) is 16.8 Å². The number of aryl methyl sites for hydroxylation is 1. The predicted octanol–water partition coefficient (Wildman–Crippen LogP) is 4.26. The molecule has 0 heterocycles. The fraction of sp³-hybridized carbons (Fsp3) is 0.467. The van der Waals surface area contributed by atoms with Crippen molar-refractivity contribution in [3.63, 3.8) is 0 Å². The minimum absolute atomic E-state index is 0.248. The molecule has 1 nitrogen and oxygen atoms in total. The Labute approximate surface area is 121 Å². The molecular weight excluding hydrogens is 258 g/mol. The molecule has 0 fully saturated rings. The molecule has 1 rings (SSSR count). The third kappa shape index (κ3) is 2.96. The second-order valence-corrected chi connectivity index (χ2v) is 6.11. The summed E-state index contributed by atoms with van der Waals surface area (Å²) in [5, 5.41) is 0. The zero-order valence-electron chi connectivity index (χ0n) is 12.0. The van der Waals surface area contributed by atoms with Gasteiger partial charge in [-0.05, 0) is 51.3 Å². The number of hydrogen-bond donors (Lipinski definition) is 0. The van der Waals surface area contributed by atoms with Crippen LogP contribution in [0.3, 0.4) is 0 Å². The van der Waals surface area contributed by atoms with E-state index in [4.69, 9.17) is 24.4 Å². The van der Waals surface area contributed by atoms with Crippen LogP contribution in [0.1, 0.15) is 37.5 Å². The lowest BCUT2D eigenvalue weighted by molar-refractivity contribution is 0.857. The van der Waals surface area contributed by atoms with Gasteiger partial charge >= 0.3 is 0 Å². The van der Waals surface area contributed by atoms with E-state index in [1.807, 2.05) is 13.8 Å². The van der Waals surface area contributed by atoms with E-state index in [0.29, 0.717) is 0 Å². The molecule has 0 radical (unpaired) electrons. The molecule has 0 spiro atoms. The summed E-state index contributed by atoms with van der Waals surface area (Å²) >= 11 is 10.6. The smallest absolute Gasteiger partial charge is 0.0571 e. The molecule has 3 heteroatoms. The van der Waals surface area contributed by atoms with Crippen LogP contribution in [0.25, 0.3) is 0 Å². The van der Waals surface area contributed by atoms with Gasteiger partial charge in [0, 0.05) is 22.5 Å². The fourth-order valence-corrected chi connectivity index (χ4v) is 2.61. The van der Waals surface area contributed by atoms with Crippen molar-refractivity contribution in [2.45, 2.75) is 40.7 Å². The normalized spacial score (nSPS) is 12.1. The van der Waals surface area contributed by atoms with Crippen molar-refractivity contribution < 1.29 is 0 Å². The van der Waals surface area contributed by atoms with Gasteiger partial charge in [-0.15, -0.1) is 0 Å². The third-order valence-corrected chi connectivity index (χ3v) is 4.10. The zero-order valence-corrected chi connectivity index (χ0v) is 13.6. The summed E-state index contributed by atoms with van der Waals surface area (Å²) in [6, 6.07) is 4.49. The quantitative estimate of drug-likeness (QED) is 0.599. The van der Waals surface area contributed by atoms with Gasteiger partial charge in [0.2, 0.25) is 0 Å². The van der Waals surface area contributed by atoms with Crippen LogP contribution in [0.4, 0.5) is 5.69 Å². The van der Waals surface area contributed by atoms with Crippen LogP contribution < -0.4 is 4.90 Å². The zero-order chi connectivity index (χ0) is 14.0. The summed E-state index contributed by atoms with van der Waals surface area (Å²) in [6.45, 7) is 10.4. The first-order chi connectivity index (χ1) is 8.27. The van der Waals surface area contributed by atoms with Crippen LogP contribution in [0.15, 0.2) is 12.1 Å². The molecule has 1 unspecified atom stereocenters. The number of hydrogen-bond acceptors (Lipinski definition) is 3. The van der Waals surface area contributed by atoms with Gasteiger partial charge in [-0.3, -0.25) is 0 Å². The number of benzene rings is 1. The number of nitrogens with zero attached hydrogens (tertiary/aromatic N) is 1. The van der Waals surface area contributed by atoms with Crippen LogP contribution >= 0.6 is 24.4 Å². The maximum absolute atomic E-state index is 5.31. The van der Waals surface area contributed by atoms with Crippen molar-refractivity contribution >= 4 is 39.9 Å². The number of thiocarbonyl (C=S) groups is 2. The van der Waals surface area contributed by atoms with E-state index in [-0.39, 0.29) is 6.04 Å². The van der Waals surface area contributed by atoms with E-state index >= 15 is 0 Å². The molecule has 0 N–H and O–H groups in total. The Bertz CT molecular complexity index is 492. The highest BCUT2D eigenvalue weighted by Crippen LogP contribution is 2.29. The van der Waals surface area contributed by atoms with Crippen LogP contribution in [-0.2, 0) is 0 Å². The number of rotatable bonds is 4. The molecular formula is C15H21NS2. The summed E-state index contributed by atoms with van der Waals surface area (Å²) in [5.41, 5.74) is 4.91. The van der Waals surface area contributed by atoms with Crippen LogP contribution in [-0.4, -0.2) is 22.8 Å². The highest BCUT2D eigenvalue weighted by Gasteiger charge is 2.17. The Morgan fingerprint density at radius 1 is 1.17 bits per heavy atom. The van der Waals surface area contributed by atoms with Crippen molar-refractivity contribution in [2.75, 3.05) is 11.9 Å². The van der Waals surface area contributed by atoms with Crippen LogP contribution in [0.2, 0.25) is 0 Å². The van der Waals surface area contributed by atoms with E-state index in [0.717, 1.165) is 15.3 Å². The number of anilines is 1. The second-order valence-electron chi connectivity index (χ2n) is 4.86. The first-order valence-electron chi connectivity index (χ1n) is 6.11. The highest BCUT2D eigenvalue weighted by atomic mass is 32.1. The molecule has 1 atom stereocenters.